The number of benzene rings is 6. The van der Waals surface area contributed by atoms with Gasteiger partial charge in [0.25, 0.3) is 0 Å². The normalized spacial score (nSPS) is 14.4. The van der Waals surface area contributed by atoms with Crippen LogP contribution in [0.25, 0.3) is 49.4 Å². The summed E-state index contributed by atoms with van der Waals surface area (Å²) >= 11 is 0. The van der Waals surface area contributed by atoms with Crippen molar-refractivity contribution in [3.8, 4) is 16.8 Å². The van der Waals surface area contributed by atoms with Crippen LogP contribution in [0.3, 0.4) is 0 Å². The van der Waals surface area contributed by atoms with E-state index in [1.807, 2.05) is 0 Å². The van der Waals surface area contributed by atoms with Crippen LogP contribution in [0.4, 0.5) is 0 Å². The Hall–Kier alpha value is -4.62. The summed E-state index contributed by atoms with van der Waals surface area (Å²) in [5, 5.41) is 5.16. The molecule has 168 valence electrons. The zero-order chi connectivity index (χ0) is 23.6. The predicted octanol–water partition coefficient (Wildman–Crippen LogP) is 9.10. The maximum absolute atomic E-state index is 2.47. The van der Waals surface area contributed by atoms with Crippen molar-refractivity contribution in [2.45, 2.75) is 5.92 Å². The molecule has 1 unspecified atom stereocenters. The van der Waals surface area contributed by atoms with Crippen molar-refractivity contribution in [1.82, 2.24) is 4.57 Å². The maximum atomic E-state index is 2.47. The van der Waals surface area contributed by atoms with E-state index in [2.05, 4.69) is 138 Å². The highest BCUT2D eigenvalue weighted by Crippen LogP contribution is 2.50. The summed E-state index contributed by atoms with van der Waals surface area (Å²) in [6.07, 6.45) is 0. The van der Waals surface area contributed by atoms with Gasteiger partial charge in [0.05, 0.1) is 11.0 Å². The summed E-state index contributed by atoms with van der Waals surface area (Å²) in [6, 6.07) is 48.9. The van der Waals surface area contributed by atoms with E-state index < -0.39 is 0 Å². The SMILES string of the molecule is c1ccc(C2c3ccccc3-c3cc4c5ccc6ccccc6c5n(-c5ccccc5)c4cc32)cc1. The minimum absolute atomic E-state index is 0.237. The smallest absolute Gasteiger partial charge is 0.0619 e. The third-order valence-corrected chi connectivity index (χ3v) is 7.84. The Balaban J connectivity index is 1.55. The Morgan fingerprint density at radius 3 is 2.06 bits per heavy atom. The molecule has 1 atom stereocenters. The maximum Gasteiger partial charge on any atom is 0.0619 e. The predicted molar refractivity (Wildman–Crippen MR) is 151 cm³/mol. The van der Waals surface area contributed by atoms with Gasteiger partial charge in [0.1, 0.15) is 0 Å². The molecule has 1 aromatic heterocycles. The van der Waals surface area contributed by atoms with Crippen molar-refractivity contribution < 1.29 is 0 Å². The lowest BCUT2D eigenvalue weighted by molar-refractivity contribution is 1.01. The molecule has 0 radical (unpaired) electrons. The van der Waals surface area contributed by atoms with E-state index in [1.54, 1.807) is 0 Å². The fraction of sp³-hybridized carbons (Fsp3) is 0.0286. The largest absolute Gasteiger partial charge is 0.309 e. The van der Waals surface area contributed by atoms with Crippen LogP contribution >= 0.6 is 0 Å². The van der Waals surface area contributed by atoms with Crippen molar-refractivity contribution in [3.05, 3.63) is 150 Å². The van der Waals surface area contributed by atoms with Crippen LogP contribution in [0.2, 0.25) is 0 Å². The number of aromatic nitrogens is 1. The van der Waals surface area contributed by atoms with Crippen LogP contribution in [-0.4, -0.2) is 4.57 Å². The zero-order valence-electron chi connectivity index (χ0n) is 19.7. The van der Waals surface area contributed by atoms with Gasteiger partial charge in [0, 0.05) is 27.8 Å². The number of rotatable bonds is 2. The molecule has 1 heterocycles. The van der Waals surface area contributed by atoms with Gasteiger partial charge in [-0.05, 0) is 57.5 Å². The number of fused-ring (bicyclic) bond motifs is 8. The number of hydrogen-bond acceptors (Lipinski definition) is 0. The molecule has 8 rings (SSSR count). The molecule has 0 fully saturated rings. The lowest BCUT2D eigenvalue weighted by Gasteiger charge is -2.15. The van der Waals surface area contributed by atoms with Gasteiger partial charge in [-0.3, -0.25) is 0 Å². The minimum atomic E-state index is 0.237. The molecule has 0 amide bonds. The summed E-state index contributed by atoms with van der Waals surface area (Å²) < 4.78 is 2.47. The van der Waals surface area contributed by atoms with Crippen molar-refractivity contribution >= 4 is 32.6 Å². The first kappa shape index (κ1) is 19.7. The Bertz CT molecular complexity index is 1930. The van der Waals surface area contributed by atoms with Gasteiger partial charge in [-0.2, -0.15) is 0 Å². The molecule has 0 aliphatic heterocycles. The van der Waals surface area contributed by atoms with Crippen molar-refractivity contribution in [1.29, 1.82) is 0 Å². The van der Waals surface area contributed by atoms with E-state index >= 15 is 0 Å². The Kier molecular flexibility index (Phi) is 4.06. The molecule has 0 bridgehead atoms. The standard InChI is InChI=1S/C35H23N/c1-3-12-24(13-4-1)34-28-18-10-9-17-27(28)30-21-31-29-20-19-23-11-7-8-16-26(23)35(29)36(33(31)22-32(30)34)25-14-5-2-6-15-25/h1-22,34H. The Morgan fingerprint density at radius 2 is 1.19 bits per heavy atom. The molecule has 6 aromatic carbocycles. The van der Waals surface area contributed by atoms with Crippen molar-refractivity contribution in [3.63, 3.8) is 0 Å². The lowest BCUT2D eigenvalue weighted by Crippen LogP contribution is -2.00. The molecule has 1 heteroatoms. The first-order chi connectivity index (χ1) is 17.9. The summed E-state index contributed by atoms with van der Waals surface area (Å²) in [7, 11) is 0. The molecule has 1 aliphatic carbocycles. The topological polar surface area (TPSA) is 4.93 Å². The molecule has 0 saturated heterocycles. The van der Waals surface area contributed by atoms with Crippen LogP contribution in [0.1, 0.15) is 22.6 Å². The first-order valence-corrected chi connectivity index (χ1v) is 12.6. The monoisotopic (exact) mass is 457 g/mol. The van der Waals surface area contributed by atoms with Gasteiger partial charge >= 0.3 is 0 Å². The Morgan fingerprint density at radius 1 is 0.472 bits per heavy atom. The third-order valence-electron chi connectivity index (χ3n) is 7.84. The molecular weight excluding hydrogens is 434 g/mol. The van der Waals surface area contributed by atoms with Crippen LogP contribution in [-0.2, 0) is 0 Å². The Labute approximate surface area is 209 Å². The van der Waals surface area contributed by atoms with E-state index in [-0.39, 0.29) is 5.92 Å². The average molecular weight is 458 g/mol. The second-order valence-electron chi connectivity index (χ2n) is 9.74. The number of nitrogens with zero attached hydrogens (tertiary/aromatic N) is 1. The van der Waals surface area contributed by atoms with Gasteiger partial charge < -0.3 is 4.57 Å². The van der Waals surface area contributed by atoms with E-state index in [9.17, 15) is 0 Å². The number of hydrogen-bond donors (Lipinski definition) is 0. The second-order valence-corrected chi connectivity index (χ2v) is 9.74. The lowest BCUT2D eigenvalue weighted by atomic mass is 9.89. The summed E-state index contributed by atoms with van der Waals surface area (Å²) in [5.41, 5.74) is 10.6. The van der Waals surface area contributed by atoms with Crippen LogP contribution in [0.15, 0.2) is 133 Å². The van der Waals surface area contributed by atoms with Crippen LogP contribution in [0, 0.1) is 0 Å². The van der Waals surface area contributed by atoms with Crippen LogP contribution < -0.4 is 0 Å². The molecule has 0 spiro atoms. The average Bonchev–Trinajstić information content (AvgIpc) is 3.45. The summed E-state index contributed by atoms with van der Waals surface area (Å²) in [4.78, 5) is 0. The number of para-hydroxylation sites is 1. The zero-order valence-corrected chi connectivity index (χ0v) is 19.7. The highest BCUT2D eigenvalue weighted by atomic mass is 15.0. The molecule has 1 nitrogen and oxygen atoms in total. The highest BCUT2D eigenvalue weighted by Gasteiger charge is 2.31. The van der Waals surface area contributed by atoms with Gasteiger partial charge in [0.2, 0.25) is 0 Å². The highest BCUT2D eigenvalue weighted by molar-refractivity contribution is 6.19. The van der Waals surface area contributed by atoms with E-state index in [0.29, 0.717) is 0 Å². The van der Waals surface area contributed by atoms with Gasteiger partial charge in [-0.1, -0.05) is 109 Å². The van der Waals surface area contributed by atoms with Crippen molar-refractivity contribution in [2.75, 3.05) is 0 Å². The van der Waals surface area contributed by atoms with Gasteiger partial charge in [-0.25, -0.2) is 0 Å². The van der Waals surface area contributed by atoms with E-state index in [1.165, 1.54) is 66.1 Å². The molecule has 7 aromatic rings. The quantitative estimate of drug-likeness (QED) is 0.244. The second kappa shape index (κ2) is 7.44. The molecular formula is C35H23N. The van der Waals surface area contributed by atoms with Crippen LogP contribution in [0.5, 0.6) is 0 Å². The molecule has 0 N–H and O–H groups in total. The van der Waals surface area contributed by atoms with Gasteiger partial charge in [-0.15, -0.1) is 0 Å². The van der Waals surface area contributed by atoms with Crippen molar-refractivity contribution in [2.24, 2.45) is 0 Å². The van der Waals surface area contributed by atoms with E-state index in [0.717, 1.165) is 0 Å². The minimum Gasteiger partial charge on any atom is -0.309 e. The first-order valence-electron chi connectivity index (χ1n) is 12.6. The third kappa shape index (κ3) is 2.66. The fourth-order valence-corrected chi connectivity index (χ4v) is 6.32. The molecule has 1 aliphatic rings. The molecule has 36 heavy (non-hydrogen) atoms. The van der Waals surface area contributed by atoms with Gasteiger partial charge in [0.15, 0.2) is 0 Å². The molecule has 0 saturated carbocycles. The summed E-state index contributed by atoms with van der Waals surface area (Å²) in [6.45, 7) is 0. The van der Waals surface area contributed by atoms with E-state index in [4.69, 9.17) is 0 Å². The fourth-order valence-electron chi connectivity index (χ4n) is 6.32. The summed E-state index contributed by atoms with van der Waals surface area (Å²) in [5.74, 6) is 0.237.